The Hall–Kier alpha value is -1.90. The summed E-state index contributed by atoms with van der Waals surface area (Å²) in [7, 11) is 0. The molecule has 0 saturated heterocycles. The Kier molecular flexibility index (Phi) is 3.92. The average Bonchev–Trinajstić information content (AvgIpc) is 2.40. The fourth-order valence-electron chi connectivity index (χ4n) is 1.83. The minimum absolute atomic E-state index is 0.789. The minimum Gasteiger partial charge on any atom is -0.370 e. The van der Waals surface area contributed by atoms with Crippen molar-refractivity contribution in [3.05, 3.63) is 41.6 Å². The molecule has 18 heavy (non-hydrogen) atoms. The van der Waals surface area contributed by atoms with E-state index in [1.165, 1.54) is 11.1 Å². The number of benzene rings is 1. The lowest BCUT2D eigenvalue weighted by molar-refractivity contribution is 0.965. The van der Waals surface area contributed by atoms with Gasteiger partial charge in [0.15, 0.2) is 5.82 Å². The van der Waals surface area contributed by atoms with Gasteiger partial charge in [-0.15, -0.1) is 0 Å². The number of aryl methyl sites for hydroxylation is 1. The van der Waals surface area contributed by atoms with Crippen LogP contribution >= 0.6 is 0 Å². The molecule has 0 fully saturated rings. The normalized spacial score (nSPS) is 10.4. The van der Waals surface area contributed by atoms with Gasteiger partial charge in [0.25, 0.3) is 0 Å². The van der Waals surface area contributed by atoms with E-state index in [1.54, 1.807) is 0 Å². The van der Waals surface area contributed by atoms with Crippen molar-refractivity contribution in [3.8, 4) is 11.4 Å². The Balaban J connectivity index is 2.35. The molecule has 1 heterocycles. The van der Waals surface area contributed by atoms with Gasteiger partial charge in [0, 0.05) is 18.3 Å². The van der Waals surface area contributed by atoms with Gasteiger partial charge < -0.3 is 5.32 Å². The first-order valence-electron chi connectivity index (χ1n) is 6.36. The molecule has 1 aromatic heterocycles. The van der Waals surface area contributed by atoms with Crippen molar-refractivity contribution in [3.63, 3.8) is 0 Å². The minimum atomic E-state index is 0.789. The molecule has 3 nitrogen and oxygen atoms in total. The molecule has 1 N–H and O–H groups in total. The molecule has 2 rings (SSSR count). The van der Waals surface area contributed by atoms with E-state index in [9.17, 15) is 0 Å². The van der Waals surface area contributed by atoms with Crippen LogP contribution < -0.4 is 5.32 Å². The molecular formula is C15H19N3. The highest BCUT2D eigenvalue weighted by Gasteiger charge is 2.06. The van der Waals surface area contributed by atoms with Crippen LogP contribution in [0.2, 0.25) is 0 Å². The lowest BCUT2D eigenvalue weighted by atomic mass is 10.0. The van der Waals surface area contributed by atoms with Crippen LogP contribution in [0.15, 0.2) is 30.5 Å². The second-order valence-corrected chi connectivity index (χ2v) is 4.44. The first-order valence-corrected chi connectivity index (χ1v) is 6.36. The summed E-state index contributed by atoms with van der Waals surface area (Å²) in [6.45, 7) is 7.29. The summed E-state index contributed by atoms with van der Waals surface area (Å²) in [6, 6.07) is 8.14. The average molecular weight is 241 g/mol. The number of hydrogen-bond donors (Lipinski definition) is 1. The van der Waals surface area contributed by atoms with Crippen LogP contribution in [0.1, 0.15) is 24.5 Å². The quantitative estimate of drug-likeness (QED) is 0.889. The van der Waals surface area contributed by atoms with Gasteiger partial charge in [0.05, 0.1) is 0 Å². The molecule has 2 aromatic rings. The van der Waals surface area contributed by atoms with Crippen molar-refractivity contribution in [1.29, 1.82) is 0 Å². The number of aromatic nitrogens is 2. The van der Waals surface area contributed by atoms with E-state index in [1.807, 2.05) is 18.3 Å². The van der Waals surface area contributed by atoms with Gasteiger partial charge in [-0.25, -0.2) is 9.97 Å². The van der Waals surface area contributed by atoms with Crippen molar-refractivity contribution < 1.29 is 0 Å². The smallest absolute Gasteiger partial charge is 0.161 e. The summed E-state index contributed by atoms with van der Waals surface area (Å²) >= 11 is 0. The lowest BCUT2D eigenvalue weighted by Gasteiger charge is -2.09. The van der Waals surface area contributed by atoms with Crippen LogP contribution in [-0.2, 0) is 0 Å². The van der Waals surface area contributed by atoms with Crippen LogP contribution in [0.25, 0.3) is 11.4 Å². The fourth-order valence-corrected chi connectivity index (χ4v) is 1.83. The molecule has 0 saturated carbocycles. The molecule has 0 aliphatic carbocycles. The molecule has 0 bridgehead atoms. The number of anilines is 1. The summed E-state index contributed by atoms with van der Waals surface area (Å²) in [5, 5.41) is 3.29. The molecule has 0 amide bonds. The van der Waals surface area contributed by atoms with Crippen LogP contribution in [0.4, 0.5) is 5.82 Å². The second-order valence-electron chi connectivity index (χ2n) is 4.44. The van der Waals surface area contributed by atoms with E-state index in [4.69, 9.17) is 0 Å². The number of nitrogens with one attached hydrogen (secondary N) is 1. The standard InChI is InChI=1S/C15H19N3/c1-4-9-16-14-8-10-17-15(18-14)13-7-5-6-11(2)12(13)3/h5-8,10H,4,9H2,1-3H3,(H,16,17,18). The first-order chi connectivity index (χ1) is 8.72. The molecule has 0 unspecified atom stereocenters. The zero-order valence-electron chi connectivity index (χ0n) is 11.2. The molecule has 0 atom stereocenters. The maximum absolute atomic E-state index is 4.56. The summed E-state index contributed by atoms with van der Waals surface area (Å²) in [5.41, 5.74) is 3.61. The molecule has 94 valence electrons. The van der Waals surface area contributed by atoms with Crippen LogP contribution in [-0.4, -0.2) is 16.5 Å². The van der Waals surface area contributed by atoms with E-state index in [-0.39, 0.29) is 0 Å². The summed E-state index contributed by atoms with van der Waals surface area (Å²) in [6.07, 6.45) is 2.89. The monoisotopic (exact) mass is 241 g/mol. The van der Waals surface area contributed by atoms with Crippen molar-refractivity contribution in [2.75, 3.05) is 11.9 Å². The third kappa shape index (κ3) is 2.67. The third-order valence-corrected chi connectivity index (χ3v) is 3.06. The topological polar surface area (TPSA) is 37.8 Å². The second kappa shape index (κ2) is 5.63. The van der Waals surface area contributed by atoms with Crippen LogP contribution in [0.3, 0.4) is 0 Å². The SMILES string of the molecule is CCCNc1ccnc(-c2cccc(C)c2C)n1. The van der Waals surface area contributed by atoms with E-state index < -0.39 is 0 Å². The molecule has 0 aliphatic rings. The van der Waals surface area contributed by atoms with Gasteiger partial charge in [-0.05, 0) is 37.5 Å². The molecule has 1 aromatic carbocycles. The van der Waals surface area contributed by atoms with Gasteiger partial charge in [-0.3, -0.25) is 0 Å². The fraction of sp³-hybridized carbons (Fsp3) is 0.333. The Morgan fingerprint density at radius 3 is 2.78 bits per heavy atom. The third-order valence-electron chi connectivity index (χ3n) is 3.06. The van der Waals surface area contributed by atoms with Crippen molar-refractivity contribution in [2.45, 2.75) is 27.2 Å². The van der Waals surface area contributed by atoms with Crippen molar-refractivity contribution in [2.24, 2.45) is 0 Å². The van der Waals surface area contributed by atoms with Crippen LogP contribution in [0, 0.1) is 13.8 Å². The van der Waals surface area contributed by atoms with Crippen LogP contribution in [0.5, 0.6) is 0 Å². The largest absolute Gasteiger partial charge is 0.370 e. The van der Waals surface area contributed by atoms with E-state index >= 15 is 0 Å². The summed E-state index contributed by atoms with van der Waals surface area (Å²) in [5.74, 6) is 1.68. The maximum Gasteiger partial charge on any atom is 0.161 e. The highest BCUT2D eigenvalue weighted by Crippen LogP contribution is 2.22. The van der Waals surface area contributed by atoms with E-state index in [0.29, 0.717) is 0 Å². The van der Waals surface area contributed by atoms with Gasteiger partial charge in [-0.2, -0.15) is 0 Å². The highest BCUT2D eigenvalue weighted by atomic mass is 15.0. The first kappa shape index (κ1) is 12.6. The number of rotatable bonds is 4. The number of nitrogens with zero attached hydrogens (tertiary/aromatic N) is 2. The molecule has 0 radical (unpaired) electrons. The Bertz CT molecular complexity index is 535. The zero-order valence-corrected chi connectivity index (χ0v) is 11.2. The maximum atomic E-state index is 4.56. The predicted octanol–water partition coefficient (Wildman–Crippen LogP) is 3.58. The molecule has 0 aliphatic heterocycles. The Morgan fingerprint density at radius 2 is 2.00 bits per heavy atom. The van der Waals surface area contributed by atoms with Gasteiger partial charge in [-0.1, -0.05) is 25.1 Å². The Morgan fingerprint density at radius 1 is 1.17 bits per heavy atom. The van der Waals surface area contributed by atoms with Gasteiger partial charge in [0.2, 0.25) is 0 Å². The van der Waals surface area contributed by atoms with Gasteiger partial charge in [0.1, 0.15) is 5.82 Å². The lowest BCUT2D eigenvalue weighted by Crippen LogP contribution is -2.03. The summed E-state index contributed by atoms with van der Waals surface area (Å²) < 4.78 is 0. The van der Waals surface area contributed by atoms with Crippen molar-refractivity contribution in [1.82, 2.24) is 9.97 Å². The zero-order chi connectivity index (χ0) is 13.0. The van der Waals surface area contributed by atoms with Crippen molar-refractivity contribution >= 4 is 5.82 Å². The molecule has 3 heteroatoms. The Labute approximate surface area is 108 Å². The highest BCUT2D eigenvalue weighted by molar-refractivity contribution is 5.62. The predicted molar refractivity (Wildman–Crippen MR) is 75.7 cm³/mol. The summed E-state index contributed by atoms with van der Waals surface area (Å²) in [4.78, 5) is 8.93. The van der Waals surface area contributed by atoms with E-state index in [0.717, 1.165) is 30.2 Å². The van der Waals surface area contributed by atoms with Gasteiger partial charge >= 0.3 is 0 Å². The number of hydrogen-bond acceptors (Lipinski definition) is 3. The molecular weight excluding hydrogens is 222 g/mol. The molecule has 0 spiro atoms. The van der Waals surface area contributed by atoms with E-state index in [2.05, 4.69) is 48.2 Å².